The number of fused-ring (bicyclic) bond motifs is 6. The largest absolute Gasteiger partial charge is 0.303 e. The zero-order valence-corrected chi connectivity index (χ0v) is 14.9. The van der Waals surface area contributed by atoms with Crippen LogP contribution in [0, 0.1) is 23.7 Å². The molecule has 0 saturated heterocycles. The molecule has 2 nitrogen and oxygen atoms in total. The third kappa shape index (κ3) is 9.04. The van der Waals surface area contributed by atoms with Crippen molar-refractivity contribution >= 4 is 0 Å². The van der Waals surface area contributed by atoms with Gasteiger partial charge in [-0.05, 0) is 77.8 Å². The summed E-state index contributed by atoms with van der Waals surface area (Å²) in [7, 11) is 0. The summed E-state index contributed by atoms with van der Waals surface area (Å²) in [6.07, 6.45) is 13.3. The number of rotatable bonds is 0. The van der Waals surface area contributed by atoms with Crippen LogP contribution in [0.25, 0.3) is 0 Å². The summed E-state index contributed by atoms with van der Waals surface area (Å²) in [4.78, 5) is 5.31. The van der Waals surface area contributed by atoms with Crippen molar-refractivity contribution in [3.05, 3.63) is 0 Å². The Balaban J connectivity index is 1.97. The predicted octanol–water partition coefficient (Wildman–Crippen LogP) is 3.92. The maximum Gasteiger partial charge on any atom is 0.0101 e. The topological polar surface area (TPSA) is 6.48 Å². The average molecular weight is 315 g/mol. The van der Waals surface area contributed by atoms with E-state index in [2.05, 4.69) is 33.5 Å². The summed E-state index contributed by atoms with van der Waals surface area (Å²) in [6, 6.07) is 0. The van der Waals surface area contributed by atoms with Crippen molar-refractivity contribution in [3.8, 4) is 23.7 Å². The van der Waals surface area contributed by atoms with Crippen molar-refractivity contribution in [2.75, 3.05) is 39.3 Å². The van der Waals surface area contributed by atoms with Crippen molar-refractivity contribution in [1.29, 1.82) is 0 Å². The second-order valence-electron chi connectivity index (χ2n) is 6.87. The number of hydrogen-bond acceptors (Lipinski definition) is 2. The van der Waals surface area contributed by atoms with Gasteiger partial charge in [-0.2, -0.15) is 0 Å². The molecule has 23 heavy (non-hydrogen) atoms. The first-order valence-corrected chi connectivity index (χ1v) is 9.81. The van der Waals surface area contributed by atoms with Gasteiger partial charge in [0.25, 0.3) is 0 Å². The van der Waals surface area contributed by atoms with Gasteiger partial charge in [-0.3, -0.25) is 0 Å². The van der Waals surface area contributed by atoms with Crippen LogP contribution in [0.1, 0.15) is 70.6 Å². The van der Waals surface area contributed by atoms with Crippen LogP contribution in [0.4, 0.5) is 0 Å². The molecule has 0 radical (unpaired) electrons. The van der Waals surface area contributed by atoms with Crippen molar-refractivity contribution in [3.63, 3.8) is 0 Å². The van der Waals surface area contributed by atoms with E-state index in [1.165, 1.54) is 84.2 Å². The molecule has 2 rings (SSSR count). The molecular weight excluding hydrogens is 280 g/mol. The van der Waals surface area contributed by atoms with E-state index in [1.807, 2.05) is 0 Å². The van der Waals surface area contributed by atoms with E-state index in [4.69, 9.17) is 0 Å². The maximum atomic E-state index is 3.38. The third-order valence-corrected chi connectivity index (χ3v) is 4.80. The summed E-state index contributed by atoms with van der Waals surface area (Å²) >= 11 is 0. The van der Waals surface area contributed by atoms with E-state index in [-0.39, 0.29) is 0 Å². The highest BCUT2D eigenvalue weighted by Gasteiger charge is 2.07. The van der Waals surface area contributed by atoms with Crippen LogP contribution >= 0.6 is 0 Å². The lowest BCUT2D eigenvalue weighted by Gasteiger charge is -2.23. The van der Waals surface area contributed by atoms with Crippen molar-refractivity contribution < 1.29 is 0 Å². The van der Waals surface area contributed by atoms with Gasteiger partial charge in [0, 0.05) is 25.7 Å². The molecule has 2 bridgehead atoms. The first kappa shape index (κ1) is 18.4. The van der Waals surface area contributed by atoms with E-state index in [9.17, 15) is 0 Å². The molecule has 0 saturated carbocycles. The minimum absolute atomic E-state index is 1.07. The summed E-state index contributed by atoms with van der Waals surface area (Å²) in [5.41, 5.74) is 0. The van der Waals surface area contributed by atoms with Gasteiger partial charge in [-0.1, -0.05) is 6.42 Å². The molecule has 2 heteroatoms. The fourth-order valence-electron chi connectivity index (χ4n) is 3.44. The Morgan fingerprint density at radius 2 is 0.652 bits per heavy atom. The second kappa shape index (κ2) is 12.5. The summed E-state index contributed by atoms with van der Waals surface area (Å²) < 4.78 is 0. The molecule has 0 aliphatic carbocycles. The van der Waals surface area contributed by atoms with Crippen LogP contribution in [-0.4, -0.2) is 49.1 Å². The number of nitrogens with zero attached hydrogens (tertiary/aromatic N) is 2. The van der Waals surface area contributed by atoms with Crippen molar-refractivity contribution in [1.82, 2.24) is 9.80 Å². The van der Waals surface area contributed by atoms with Gasteiger partial charge >= 0.3 is 0 Å². The van der Waals surface area contributed by atoms with Gasteiger partial charge in [-0.15, -0.1) is 23.7 Å². The average Bonchev–Trinajstić information content (AvgIpc) is 2.57. The molecule has 0 amide bonds. The van der Waals surface area contributed by atoms with Crippen LogP contribution in [0.2, 0.25) is 0 Å². The monoisotopic (exact) mass is 314 g/mol. The third-order valence-electron chi connectivity index (χ3n) is 4.80. The van der Waals surface area contributed by atoms with E-state index < -0.39 is 0 Å². The molecule has 0 atom stereocenters. The summed E-state index contributed by atoms with van der Waals surface area (Å²) in [5, 5.41) is 0. The molecule has 2 aliphatic heterocycles. The smallest absolute Gasteiger partial charge is 0.0101 e. The molecule has 0 aromatic carbocycles. The Kier molecular flexibility index (Phi) is 9.96. The Hall–Kier alpha value is -0.960. The van der Waals surface area contributed by atoms with Crippen LogP contribution < -0.4 is 0 Å². The van der Waals surface area contributed by atoms with Crippen LogP contribution in [0.15, 0.2) is 0 Å². The fourth-order valence-corrected chi connectivity index (χ4v) is 3.44. The van der Waals surface area contributed by atoms with Crippen molar-refractivity contribution in [2.24, 2.45) is 0 Å². The molecular formula is C21H34N2. The predicted molar refractivity (Wildman–Crippen MR) is 99.2 cm³/mol. The molecule has 2 heterocycles. The Morgan fingerprint density at radius 3 is 1.00 bits per heavy atom. The SMILES string of the molecule is C1#CCCCN2CCCC#CCCCN(CCC1)CCCCC2. The van der Waals surface area contributed by atoms with Gasteiger partial charge < -0.3 is 9.80 Å². The van der Waals surface area contributed by atoms with E-state index in [0.29, 0.717) is 0 Å². The fraction of sp³-hybridized carbons (Fsp3) is 0.810. The van der Waals surface area contributed by atoms with Crippen molar-refractivity contribution in [2.45, 2.75) is 70.6 Å². The van der Waals surface area contributed by atoms with Crippen LogP contribution in [-0.2, 0) is 0 Å². The number of hydrogen-bond donors (Lipinski definition) is 0. The van der Waals surface area contributed by atoms with Gasteiger partial charge in [0.15, 0.2) is 0 Å². The lowest BCUT2D eigenvalue weighted by Crippen LogP contribution is -2.28. The molecule has 2 aliphatic rings. The standard InChI is InChI=1S/C21H34N2/c1-2-6-11-17-23-19-13-8-4-3-7-12-18-22(16-10-5-1)20-14-9-15-21-23/h5-21H2. The molecule has 0 N–H and O–H groups in total. The maximum absolute atomic E-state index is 3.38. The first-order valence-electron chi connectivity index (χ1n) is 9.81. The highest BCUT2D eigenvalue weighted by atomic mass is 15.1. The second-order valence-corrected chi connectivity index (χ2v) is 6.87. The highest BCUT2D eigenvalue weighted by Crippen LogP contribution is 2.08. The lowest BCUT2D eigenvalue weighted by molar-refractivity contribution is 0.247. The molecule has 0 aromatic rings. The normalized spacial score (nSPS) is 28.5. The lowest BCUT2D eigenvalue weighted by atomic mass is 10.2. The molecule has 0 spiro atoms. The molecule has 0 unspecified atom stereocenters. The van der Waals surface area contributed by atoms with Gasteiger partial charge in [0.2, 0.25) is 0 Å². The quantitative estimate of drug-likeness (QED) is 0.625. The molecule has 128 valence electrons. The summed E-state index contributed by atoms with van der Waals surface area (Å²) in [5.74, 6) is 13.5. The molecule has 0 aromatic heterocycles. The van der Waals surface area contributed by atoms with E-state index in [1.54, 1.807) is 0 Å². The molecule has 0 fully saturated rings. The van der Waals surface area contributed by atoms with Gasteiger partial charge in [0.05, 0.1) is 0 Å². The zero-order valence-electron chi connectivity index (χ0n) is 14.9. The highest BCUT2D eigenvalue weighted by molar-refractivity contribution is 5.00. The Bertz CT molecular complexity index is 353. The van der Waals surface area contributed by atoms with E-state index >= 15 is 0 Å². The first-order chi connectivity index (χ1) is 11.4. The van der Waals surface area contributed by atoms with Crippen LogP contribution in [0.5, 0.6) is 0 Å². The zero-order chi connectivity index (χ0) is 16.0. The van der Waals surface area contributed by atoms with Gasteiger partial charge in [-0.25, -0.2) is 0 Å². The minimum atomic E-state index is 1.07. The Morgan fingerprint density at radius 1 is 0.348 bits per heavy atom. The summed E-state index contributed by atoms with van der Waals surface area (Å²) in [6.45, 7) is 7.40. The van der Waals surface area contributed by atoms with Gasteiger partial charge in [0.1, 0.15) is 0 Å². The Labute approximate surface area is 144 Å². The van der Waals surface area contributed by atoms with Crippen LogP contribution in [0.3, 0.4) is 0 Å². The van der Waals surface area contributed by atoms with E-state index in [0.717, 1.165) is 25.7 Å². The minimum Gasteiger partial charge on any atom is -0.303 e.